The number of benzene rings is 2. The van der Waals surface area contributed by atoms with Crippen LogP contribution in [0.15, 0.2) is 54.6 Å². The summed E-state index contributed by atoms with van der Waals surface area (Å²) < 4.78 is 6.40. The Morgan fingerprint density at radius 1 is 1.00 bits per heavy atom. The Bertz CT molecular complexity index is 754. The minimum atomic E-state index is -0.0213. The SMILES string of the molecule is O=C(NCCNC1CC2(CCCC2)Oc2ccccc21)c1ccccc1. The molecule has 0 aromatic heterocycles. The van der Waals surface area contributed by atoms with Crippen molar-refractivity contribution >= 4 is 5.91 Å². The van der Waals surface area contributed by atoms with E-state index in [4.69, 9.17) is 4.74 Å². The lowest BCUT2D eigenvalue weighted by Crippen LogP contribution is -2.43. The first-order valence-electron chi connectivity index (χ1n) is 9.60. The fourth-order valence-electron chi connectivity index (χ4n) is 4.24. The summed E-state index contributed by atoms with van der Waals surface area (Å²) in [5.74, 6) is 0.999. The maximum Gasteiger partial charge on any atom is 0.251 e. The maximum atomic E-state index is 12.1. The van der Waals surface area contributed by atoms with Crippen LogP contribution >= 0.6 is 0 Å². The Morgan fingerprint density at radius 2 is 1.73 bits per heavy atom. The van der Waals surface area contributed by atoms with Crippen molar-refractivity contribution in [1.82, 2.24) is 10.6 Å². The van der Waals surface area contributed by atoms with Gasteiger partial charge in [-0.2, -0.15) is 0 Å². The molecule has 0 bridgehead atoms. The Kier molecular flexibility index (Phi) is 4.93. The summed E-state index contributed by atoms with van der Waals surface area (Å²) in [5.41, 5.74) is 1.94. The van der Waals surface area contributed by atoms with Gasteiger partial charge in [0.1, 0.15) is 11.4 Å². The monoisotopic (exact) mass is 350 g/mol. The molecule has 4 nitrogen and oxygen atoms in total. The fraction of sp³-hybridized carbons (Fsp3) is 0.409. The van der Waals surface area contributed by atoms with Gasteiger partial charge in [0.05, 0.1) is 0 Å². The highest BCUT2D eigenvalue weighted by atomic mass is 16.5. The third-order valence-corrected chi connectivity index (χ3v) is 5.55. The zero-order valence-electron chi connectivity index (χ0n) is 15.0. The van der Waals surface area contributed by atoms with Crippen LogP contribution in [0.4, 0.5) is 0 Å². The molecule has 2 aliphatic rings. The van der Waals surface area contributed by atoms with Gasteiger partial charge < -0.3 is 15.4 Å². The second-order valence-electron chi connectivity index (χ2n) is 7.36. The molecule has 1 spiro atoms. The molecule has 4 heteroatoms. The molecule has 1 atom stereocenters. The summed E-state index contributed by atoms with van der Waals surface area (Å²) in [4.78, 5) is 12.1. The standard InChI is InChI=1S/C22H26N2O2/c25-21(17-8-2-1-3-9-17)24-15-14-23-19-16-22(12-6-7-13-22)26-20-11-5-4-10-18(19)20/h1-5,8-11,19,23H,6-7,12-16H2,(H,24,25). The lowest BCUT2D eigenvalue weighted by atomic mass is 9.86. The Morgan fingerprint density at radius 3 is 2.54 bits per heavy atom. The number of amides is 1. The molecule has 1 amide bonds. The number of ether oxygens (including phenoxy) is 1. The molecule has 1 aliphatic carbocycles. The van der Waals surface area contributed by atoms with E-state index in [1.54, 1.807) is 0 Å². The molecule has 1 heterocycles. The first-order chi connectivity index (χ1) is 12.8. The van der Waals surface area contributed by atoms with Crippen molar-refractivity contribution in [1.29, 1.82) is 0 Å². The van der Waals surface area contributed by atoms with Crippen LogP contribution in [-0.4, -0.2) is 24.6 Å². The second kappa shape index (κ2) is 7.50. The predicted molar refractivity (Wildman–Crippen MR) is 102 cm³/mol. The lowest BCUT2D eigenvalue weighted by molar-refractivity contribution is 0.0368. The van der Waals surface area contributed by atoms with Gasteiger partial charge in [0.25, 0.3) is 5.91 Å². The van der Waals surface area contributed by atoms with E-state index in [-0.39, 0.29) is 17.6 Å². The van der Waals surface area contributed by atoms with Gasteiger partial charge in [-0.15, -0.1) is 0 Å². The topological polar surface area (TPSA) is 50.4 Å². The number of fused-ring (bicyclic) bond motifs is 1. The van der Waals surface area contributed by atoms with Crippen LogP contribution in [-0.2, 0) is 0 Å². The highest BCUT2D eigenvalue weighted by Gasteiger charge is 2.42. The minimum absolute atomic E-state index is 0.000688. The highest BCUT2D eigenvalue weighted by Crippen LogP contribution is 2.46. The van der Waals surface area contributed by atoms with Crippen molar-refractivity contribution in [3.63, 3.8) is 0 Å². The summed E-state index contributed by atoms with van der Waals surface area (Å²) in [6.07, 6.45) is 5.80. The summed E-state index contributed by atoms with van der Waals surface area (Å²) in [5, 5.41) is 6.63. The van der Waals surface area contributed by atoms with Crippen molar-refractivity contribution in [2.75, 3.05) is 13.1 Å². The molecule has 136 valence electrons. The van der Waals surface area contributed by atoms with Gasteiger partial charge in [0, 0.05) is 36.7 Å². The van der Waals surface area contributed by atoms with E-state index in [1.807, 2.05) is 36.4 Å². The average molecular weight is 350 g/mol. The van der Waals surface area contributed by atoms with Crippen LogP contribution < -0.4 is 15.4 Å². The van der Waals surface area contributed by atoms with E-state index in [1.165, 1.54) is 18.4 Å². The van der Waals surface area contributed by atoms with Crippen LogP contribution in [0.1, 0.15) is 54.1 Å². The molecular weight excluding hydrogens is 324 g/mol. The van der Waals surface area contributed by atoms with E-state index in [2.05, 4.69) is 28.8 Å². The van der Waals surface area contributed by atoms with Crippen LogP contribution in [0, 0.1) is 0 Å². The Balaban J connectivity index is 1.36. The molecule has 4 rings (SSSR count). The van der Waals surface area contributed by atoms with Gasteiger partial charge in [-0.25, -0.2) is 0 Å². The van der Waals surface area contributed by atoms with Crippen LogP contribution in [0.2, 0.25) is 0 Å². The van der Waals surface area contributed by atoms with E-state index < -0.39 is 0 Å². The molecule has 0 saturated heterocycles. The number of para-hydroxylation sites is 1. The van der Waals surface area contributed by atoms with E-state index in [9.17, 15) is 4.79 Å². The molecule has 2 aromatic rings. The number of carbonyl (C=O) groups excluding carboxylic acids is 1. The number of rotatable bonds is 5. The Labute approximate surface area is 155 Å². The summed E-state index contributed by atoms with van der Waals surface area (Å²) in [6.45, 7) is 1.36. The molecule has 2 N–H and O–H groups in total. The van der Waals surface area contributed by atoms with Gasteiger partial charge in [0.2, 0.25) is 0 Å². The quantitative estimate of drug-likeness (QED) is 0.806. The van der Waals surface area contributed by atoms with Gasteiger partial charge in [-0.05, 0) is 43.9 Å². The van der Waals surface area contributed by atoms with Gasteiger partial charge >= 0.3 is 0 Å². The van der Waals surface area contributed by atoms with Crippen molar-refractivity contribution in [3.8, 4) is 5.75 Å². The van der Waals surface area contributed by atoms with Crippen LogP contribution in [0.3, 0.4) is 0 Å². The van der Waals surface area contributed by atoms with Crippen LogP contribution in [0.25, 0.3) is 0 Å². The normalized spacial score (nSPS) is 20.4. The van der Waals surface area contributed by atoms with Gasteiger partial charge in [0.15, 0.2) is 0 Å². The summed E-state index contributed by atoms with van der Waals surface area (Å²) in [7, 11) is 0. The maximum absolute atomic E-state index is 12.1. The molecule has 26 heavy (non-hydrogen) atoms. The van der Waals surface area contributed by atoms with E-state index >= 15 is 0 Å². The van der Waals surface area contributed by atoms with Crippen molar-refractivity contribution < 1.29 is 9.53 Å². The van der Waals surface area contributed by atoms with Crippen molar-refractivity contribution in [2.24, 2.45) is 0 Å². The largest absolute Gasteiger partial charge is 0.487 e. The average Bonchev–Trinajstić information content (AvgIpc) is 3.13. The third kappa shape index (κ3) is 3.61. The molecule has 2 aromatic carbocycles. The zero-order chi connectivity index (χ0) is 17.8. The van der Waals surface area contributed by atoms with E-state index in [0.717, 1.165) is 31.6 Å². The van der Waals surface area contributed by atoms with Gasteiger partial charge in [-0.3, -0.25) is 4.79 Å². The number of nitrogens with one attached hydrogen (secondary N) is 2. The summed E-state index contributed by atoms with van der Waals surface area (Å²) in [6, 6.07) is 18.0. The van der Waals surface area contributed by atoms with Crippen molar-refractivity contribution in [2.45, 2.75) is 43.7 Å². The third-order valence-electron chi connectivity index (χ3n) is 5.55. The molecule has 1 saturated carbocycles. The molecule has 0 radical (unpaired) electrons. The smallest absolute Gasteiger partial charge is 0.251 e. The highest BCUT2D eigenvalue weighted by molar-refractivity contribution is 5.94. The van der Waals surface area contributed by atoms with E-state index in [0.29, 0.717) is 12.1 Å². The second-order valence-corrected chi connectivity index (χ2v) is 7.36. The first kappa shape index (κ1) is 17.1. The molecule has 1 aliphatic heterocycles. The van der Waals surface area contributed by atoms with Gasteiger partial charge in [-0.1, -0.05) is 36.4 Å². The lowest BCUT2D eigenvalue weighted by Gasteiger charge is -2.40. The molecular formula is C22H26N2O2. The molecule has 1 unspecified atom stereocenters. The van der Waals surface area contributed by atoms with Crippen LogP contribution in [0.5, 0.6) is 5.75 Å². The zero-order valence-corrected chi connectivity index (χ0v) is 15.0. The Hall–Kier alpha value is -2.33. The minimum Gasteiger partial charge on any atom is -0.487 e. The summed E-state index contributed by atoms with van der Waals surface area (Å²) >= 11 is 0. The number of carbonyl (C=O) groups is 1. The van der Waals surface area contributed by atoms with Crippen molar-refractivity contribution in [3.05, 3.63) is 65.7 Å². The number of hydrogen-bond acceptors (Lipinski definition) is 3. The predicted octanol–water partition coefficient (Wildman–Crippen LogP) is 3.84. The fourth-order valence-corrected chi connectivity index (χ4v) is 4.24. The molecule has 1 fully saturated rings. The number of hydrogen-bond donors (Lipinski definition) is 2. The first-order valence-corrected chi connectivity index (χ1v) is 9.60.